The quantitative estimate of drug-likeness (QED) is 0.717. The Morgan fingerprint density at radius 2 is 1.68 bits per heavy atom. The van der Waals surface area contributed by atoms with E-state index in [1.807, 2.05) is 54.0 Å². The van der Waals surface area contributed by atoms with Crippen molar-refractivity contribution < 1.29 is 15.7 Å². The molecule has 0 saturated carbocycles. The van der Waals surface area contributed by atoms with E-state index in [-0.39, 0.29) is 11.0 Å². The summed E-state index contributed by atoms with van der Waals surface area (Å²) in [6.45, 7) is 1.92. The molecule has 1 aromatic carbocycles. The molecule has 0 aliphatic carbocycles. The molecule has 0 spiro atoms. The Morgan fingerprint density at radius 3 is 2.27 bits per heavy atom. The third-order valence-corrected chi connectivity index (χ3v) is 3.05. The van der Waals surface area contributed by atoms with Gasteiger partial charge in [-0.3, -0.25) is 9.55 Å². The Morgan fingerprint density at radius 1 is 0.955 bits per heavy atom. The molecule has 3 aromatic rings. The summed E-state index contributed by atoms with van der Waals surface area (Å²) in [6, 6.07) is 13.5. The van der Waals surface area contributed by atoms with Gasteiger partial charge in [0.1, 0.15) is 17.3 Å². The van der Waals surface area contributed by atoms with Crippen molar-refractivity contribution in [2.45, 2.75) is 6.92 Å². The normalized spacial score (nSPS) is 9.55. The van der Waals surface area contributed by atoms with E-state index in [2.05, 4.69) is 15.2 Å². The zero-order chi connectivity index (χ0) is 13.9. The predicted molar refractivity (Wildman–Crippen MR) is 83.1 cm³/mol. The zero-order valence-electron chi connectivity index (χ0n) is 12.3. The van der Waals surface area contributed by atoms with E-state index >= 15 is 0 Å². The first-order valence-corrected chi connectivity index (χ1v) is 6.27. The molecule has 2 heterocycles. The van der Waals surface area contributed by atoms with Gasteiger partial charge in [0.25, 0.3) is 0 Å². The average molecular weight is 302 g/mol. The van der Waals surface area contributed by atoms with Crippen LogP contribution in [0.2, 0.25) is 0 Å². The molecule has 0 bridgehead atoms. The minimum absolute atomic E-state index is 0. The number of benzene rings is 1. The minimum Gasteiger partial charge on any atom is -0.497 e. The van der Waals surface area contributed by atoms with Gasteiger partial charge in [0.2, 0.25) is 0 Å². The second-order valence-corrected chi connectivity index (χ2v) is 4.32. The molecule has 3 rings (SSSR count). The van der Waals surface area contributed by atoms with E-state index in [0.717, 1.165) is 28.8 Å². The summed E-state index contributed by atoms with van der Waals surface area (Å²) >= 11 is 0. The highest BCUT2D eigenvalue weighted by Crippen LogP contribution is 2.22. The number of methoxy groups -OCH3 is 1. The fourth-order valence-electron chi connectivity index (χ4n) is 2.06. The summed E-state index contributed by atoms with van der Waals surface area (Å²) in [4.78, 5) is 4.33. The molecule has 0 saturated heterocycles. The van der Waals surface area contributed by atoms with Crippen molar-refractivity contribution in [3.05, 3.63) is 54.5 Å². The van der Waals surface area contributed by atoms with Crippen LogP contribution in [-0.4, -0.2) is 37.8 Å². The van der Waals surface area contributed by atoms with Gasteiger partial charge in [-0.25, -0.2) is 0 Å². The lowest BCUT2D eigenvalue weighted by Gasteiger charge is -2.09. The molecule has 0 aliphatic heterocycles. The Kier molecular flexibility index (Phi) is 5.73. The van der Waals surface area contributed by atoms with Crippen LogP contribution < -0.4 is 4.74 Å². The maximum atomic E-state index is 5.18. The fourth-order valence-corrected chi connectivity index (χ4v) is 2.06. The molecule has 0 aliphatic rings. The topological polar surface area (TPSA) is 116 Å². The Bertz CT molecular complexity index is 711. The van der Waals surface area contributed by atoms with Crippen LogP contribution in [0.4, 0.5) is 0 Å². The van der Waals surface area contributed by atoms with Gasteiger partial charge in [-0.1, -0.05) is 6.07 Å². The summed E-state index contributed by atoms with van der Waals surface area (Å²) in [5, 5.41) is 8.38. The highest BCUT2D eigenvalue weighted by Gasteiger charge is 2.13. The van der Waals surface area contributed by atoms with Crippen LogP contribution in [0.25, 0.3) is 17.2 Å². The lowest BCUT2D eigenvalue weighted by atomic mass is 10.2. The number of nitrogens with zero attached hydrogens (tertiary/aromatic N) is 4. The number of ether oxygens (including phenoxy) is 1. The van der Waals surface area contributed by atoms with Crippen molar-refractivity contribution in [2.24, 2.45) is 0 Å². The number of aromatic nitrogens is 4. The van der Waals surface area contributed by atoms with Gasteiger partial charge < -0.3 is 15.7 Å². The lowest BCUT2D eigenvalue weighted by Crippen LogP contribution is -2.00. The average Bonchev–Trinajstić information content (AvgIpc) is 2.90. The second-order valence-electron chi connectivity index (χ2n) is 4.32. The van der Waals surface area contributed by atoms with Crippen LogP contribution in [0.1, 0.15) is 5.82 Å². The number of pyridine rings is 1. The Labute approximate surface area is 127 Å². The fraction of sp³-hybridized carbons (Fsp3) is 0.133. The Balaban J connectivity index is 0.00000121. The van der Waals surface area contributed by atoms with E-state index in [4.69, 9.17) is 4.74 Å². The zero-order valence-corrected chi connectivity index (χ0v) is 12.3. The number of hydrogen-bond donors (Lipinski definition) is 0. The monoisotopic (exact) mass is 302 g/mol. The largest absolute Gasteiger partial charge is 0.497 e. The summed E-state index contributed by atoms with van der Waals surface area (Å²) < 4.78 is 7.15. The van der Waals surface area contributed by atoms with Crippen molar-refractivity contribution in [2.75, 3.05) is 7.11 Å². The first-order valence-electron chi connectivity index (χ1n) is 6.27. The van der Waals surface area contributed by atoms with E-state index in [1.54, 1.807) is 13.3 Å². The lowest BCUT2D eigenvalue weighted by molar-refractivity contribution is 0.414. The van der Waals surface area contributed by atoms with E-state index in [9.17, 15) is 0 Å². The SMILES string of the molecule is COc1ccc(-n2c(C)nnc2-c2ccccn2)cc1.O.O. The molecule has 0 amide bonds. The van der Waals surface area contributed by atoms with Crippen LogP contribution in [0.15, 0.2) is 48.7 Å². The van der Waals surface area contributed by atoms with Crippen LogP contribution >= 0.6 is 0 Å². The van der Waals surface area contributed by atoms with Crippen LogP contribution in [0, 0.1) is 6.92 Å². The number of hydrogen-bond acceptors (Lipinski definition) is 4. The molecule has 7 nitrogen and oxygen atoms in total. The van der Waals surface area contributed by atoms with E-state index in [0.29, 0.717) is 0 Å². The predicted octanol–water partition coefficient (Wildman–Crippen LogP) is 0.997. The van der Waals surface area contributed by atoms with Crippen molar-refractivity contribution in [1.29, 1.82) is 0 Å². The van der Waals surface area contributed by atoms with E-state index < -0.39 is 0 Å². The second kappa shape index (κ2) is 7.30. The Hall–Kier alpha value is -2.77. The van der Waals surface area contributed by atoms with Crippen LogP contribution in [-0.2, 0) is 0 Å². The molecule has 22 heavy (non-hydrogen) atoms. The first kappa shape index (κ1) is 17.3. The first-order chi connectivity index (χ1) is 9.79. The molecule has 0 unspecified atom stereocenters. The van der Waals surface area contributed by atoms with Crippen molar-refractivity contribution in [3.8, 4) is 23.0 Å². The molecule has 0 atom stereocenters. The smallest absolute Gasteiger partial charge is 0.187 e. The van der Waals surface area contributed by atoms with Crippen LogP contribution in [0.3, 0.4) is 0 Å². The molecule has 7 heteroatoms. The van der Waals surface area contributed by atoms with Crippen molar-refractivity contribution >= 4 is 0 Å². The van der Waals surface area contributed by atoms with Gasteiger partial charge >= 0.3 is 0 Å². The van der Waals surface area contributed by atoms with Gasteiger partial charge in [0, 0.05) is 11.9 Å². The number of aryl methyl sites for hydroxylation is 1. The third-order valence-electron chi connectivity index (χ3n) is 3.05. The molecule has 116 valence electrons. The summed E-state index contributed by atoms with van der Waals surface area (Å²) in [6.07, 6.45) is 1.75. The van der Waals surface area contributed by atoms with Gasteiger partial charge in [-0.2, -0.15) is 0 Å². The highest BCUT2D eigenvalue weighted by atomic mass is 16.5. The molecule has 0 radical (unpaired) electrons. The molecular weight excluding hydrogens is 284 g/mol. The molecular formula is C15H18N4O3. The van der Waals surface area contributed by atoms with Gasteiger partial charge in [-0.05, 0) is 43.3 Å². The van der Waals surface area contributed by atoms with Gasteiger partial charge in [0.05, 0.1) is 7.11 Å². The highest BCUT2D eigenvalue weighted by molar-refractivity contribution is 5.54. The van der Waals surface area contributed by atoms with Gasteiger partial charge in [-0.15, -0.1) is 10.2 Å². The van der Waals surface area contributed by atoms with Crippen molar-refractivity contribution in [3.63, 3.8) is 0 Å². The maximum absolute atomic E-state index is 5.18. The van der Waals surface area contributed by atoms with Crippen LogP contribution in [0.5, 0.6) is 5.75 Å². The molecule has 2 aromatic heterocycles. The molecule has 0 fully saturated rings. The molecule has 4 N–H and O–H groups in total. The minimum atomic E-state index is 0. The summed E-state index contributed by atoms with van der Waals surface area (Å²) in [5.74, 6) is 2.36. The summed E-state index contributed by atoms with van der Waals surface area (Å²) in [7, 11) is 1.65. The summed E-state index contributed by atoms with van der Waals surface area (Å²) in [5.41, 5.74) is 1.78. The van der Waals surface area contributed by atoms with E-state index in [1.165, 1.54) is 0 Å². The van der Waals surface area contributed by atoms with Gasteiger partial charge in [0.15, 0.2) is 5.82 Å². The number of rotatable bonds is 3. The standard InChI is InChI=1S/C15H14N4O.2H2O/c1-11-17-18-15(14-5-3-4-10-16-14)19(11)12-6-8-13(20-2)9-7-12;;/h3-10H,1-2H3;2*1H2. The maximum Gasteiger partial charge on any atom is 0.187 e. The third kappa shape index (κ3) is 3.11. The van der Waals surface area contributed by atoms with Crippen molar-refractivity contribution in [1.82, 2.24) is 19.7 Å².